The molecule has 1 aromatic heterocycles. The van der Waals surface area contributed by atoms with Gasteiger partial charge in [-0.3, -0.25) is 0 Å². The van der Waals surface area contributed by atoms with Crippen LogP contribution in [-0.4, -0.2) is 34.1 Å². The van der Waals surface area contributed by atoms with Crippen LogP contribution in [0.15, 0.2) is 12.4 Å². The van der Waals surface area contributed by atoms with Crippen LogP contribution in [0, 0.1) is 11.3 Å². The molecule has 0 aliphatic carbocycles. The third-order valence-corrected chi connectivity index (χ3v) is 4.05. The Balaban J connectivity index is 2.20. The van der Waals surface area contributed by atoms with Gasteiger partial charge in [0.1, 0.15) is 6.07 Å². The third kappa shape index (κ3) is 2.27. The van der Waals surface area contributed by atoms with Gasteiger partial charge in [-0.25, -0.2) is 9.97 Å². The van der Waals surface area contributed by atoms with Crippen LogP contribution in [0.25, 0.3) is 0 Å². The van der Waals surface area contributed by atoms with Crippen LogP contribution in [0.1, 0.15) is 19.0 Å². The van der Waals surface area contributed by atoms with Crippen LogP contribution in [-0.2, 0) is 0 Å². The Labute approximate surface area is 99.7 Å². The predicted molar refractivity (Wildman–Crippen MR) is 65.5 cm³/mol. The molecule has 0 aromatic carbocycles. The van der Waals surface area contributed by atoms with Gasteiger partial charge in [0.2, 0.25) is 0 Å². The minimum atomic E-state index is 0.434. The molecule has 2 heterocycles. The van der Waals surface area contributed by atoms with E-state index in [0.717, 1.165) is 31.1 Å². The van der Waals surface area contributed by atoms with E-state index < -0.39 is 0 Å². The second-order valence-electron chi connectivity index (χ2n) is 3.69. The highest BCUT2D eigenvalue weighted by Gasteiger charge is 2.22. The molecule has 0 bridgehead atoms. The number of anilines is 1. The fraction of sp³-hybridized carbons (Fsp3) is 0.545. The first-order valence-corrected chi connectivity index (χ1v) is 6.47. The maximum atomic E-state index is 8.99. The second-order valence-corrected chi connectivity index (χ2v) is 5.10. The molecular weight excluding hydrogens is 220 g/mol. The standard InChI is InChI=1S/C11H14N4S/c1-2-9-8-15(5-6-16-9)11-10(7-12)13-3-4-14-11/h3-4,9H,2,5-6,8H2,1H3. The van der Waals surface area contributed by atoms with Crippen LogP contribution in [0.3, 0.4) is 0 Å². The van der Waals surface area contributed by atoms with Gasteiger partial charge in [-0.05, 0) is 6.42 Å². The van der Waals surface area contributed by atoms with Crippen LogP contribution in [0.4, 0.5) is 5.82 Å². The molecule has 0 spiro atoms. The molecule has 1 atom stereocenters. The zero-order valence-corrected chi connectivity index (χ0v) is 10.1. The first-order valence-electron chi connectivity index (χ1n) is 5.42. The molecule has 0 N–H and O–H groups in total. The van der Waals surface area contributed by atoms with Crippen molar-refractivity contribution in [2.24, 2.45) is 0 Å². The number of hydrogen-bond acceptors (Lipinski definition) is 5. The lowest BCUT2D eigenvalue weighted by molar-refractivity contribution is 0.717. The molecule has 1 fully saturated rings. The van der Waals surface area contributed by atoms with Crippen LogP contribution < -0.4 is 4.90 Å². The van der Waals surface area contributed by atoms with Crippen LogP contribution >= 0.6 is 11.8 Å². The lowest BCUT2D eigenvalue weighted by atomic mass is 10.3. The maximum Gasteiger partial charge on any atom is 0.183 e. The van der Waals surface area contributed by atoms with E-state index in [4.69, 9.17) is 5.26 Å². The van der Waals surface area contributed by atoms with E-state index in [2.05, 4.69) is 27.9 Å². The van der Waals surface area contributed by atoms with Crippen LogP contribution in [0.5, 0.6) is 0 Å². The molecule has 2 rings (SSSR count). The average Bonchev–Trinajstić information content (AvgIpc) is 2.38. The monoisotopic (exact) mass is 234 g/mol. The maximum absolute atomic E-state index is 8.99. The molecule has 0 saturated carbocycles. The van der Waals surface area contributed by atoms with Gasteiger partial charge in [0, 0.05) is 36.5 Å². The number of hydrogen-bond donors (Lipinski definition) is 0. The quantitative estimate of drug-likeness (QED) is 0.779. The summed E-state index contributed by atoms with van der Waals surface area (Å²) in [6.45, 7) is 4.12. The van der Waals surface area contributed by atoms with Crippen LogP contribution in [0.2, 0.25) is 0 Å². The SMILES string of the molecule is CCC1CN(c2nccnc2C#N)CCS1. The van der Waals surface area contributed by atoms with Gasteiger partial charge in [0.25, 0.3) is 0 Å². The van der Waals surface area contributed by atoms with Gasteiger partial charge in [-0.15, -0.1) is 0 Å². The molecule has 16 heavy (non-hydrogen) atoms. The predicted octanol–water partition coefficient (Wildman–Crippen LogP) is 1.68. The summed E-state index contributed by atoms with van der Waals surface area (Å²) in [6, 6.07) is 2.10. The highest BCUT2D eigenvalue weighted by Crippen LogP contribution is 2.25. The summed E-state index contributed by atoms with van der Waals surface area (Å²) in [7, 11) is 0. The Morgan fingerprint density at radius 2 is 2.38 bits per heavy atom. The smallest absolute Gasteiger partial charge is 0.183 e. The second kappa shape index (κ2) is 5.17. The summed E-state index contributed by atoms with van der Waals surface area (Å²) in [5.74, 6) is 1.84. The largest absolute Gasteiger partial charge is 0.352 e. The normalized spacial score (nSPS) is 20.5. The summed E-state index contributed by atoms with van der Waals surface area (Å²) in [4.78, 5) is 10.5. The van der Waals surface area contributed by atoms with Gasteiger partial charge in [0.05, 0.1) is 0 Å². The summed E-state index contributed by atoms with van der Waals surface area (Å²) < 4.78 is 0. The van der Waals surface area contributed by atoms with Crippen molar-refractivity contribution in [1.82, 2.24) is 9.97 Å². The van der Waals surface area contributed by atoms with Crippen molar-refractivity contribution in [3.8, 4) is 6.07 Å². The number of aromatic nitrogens is 2. The zero-order valence-electron chi connectivity index (χ0n) is 9.26. The molecule has 0 amide bonds. The minimum absolute atomic E-state index is 0.434. The van der Waals surface area contributed by atoms with Crippen molar-refractivity contribution < 1.29 is 0 Å². The van der Waals surface area contributed by atoms with Crippen molar-refractivity contribution in [1.29, 1.82) is 5.26 Å². The topological polar surface area (TPSA) is 52.8 Å². The number of rotatable bonds is 2. The van der Waals surface area contributed by atoms with E-state index in [9.17, 15) is 0 Å². The number of nitrogens with zero attached hydrogens (tertiary/aromatic N) is 4. The number of thioether (sulfide) groups is 1. The molecular formula is C11H14N4S. The Hall–Kier alpha value is -1.28. The first kappa shape index (κ1) is 11.2. The summed E-state index contributed by atoms with van der Waals surface area (Å²) in [5, 5.41) is 9.63. The van der Waals surface area contributed by atoms with E-state index >= 15 is 0 Å². The van der Waals surface area contributed by atoms with Gasteiger partial charge < -0.3 is 4.90 Å². The van der Waals surface area contributed by atoms with Crippen molar-refractivity contribution >= 4 is 17.6 Å². The Bertz CT molecular complexity index is 401. The lowest BCUT2D eigenvalue weighted by Crippen LogP contribution is -2.38. The highest BCUT2D eigenvalue weighted by molar-refractivity contribution is 8.00. The van der Waals surface area contributed by atoms with Gasteiger partial charge >= 0.3 is 0 Å². The molecule has 1 aliphatic heterocycles. The van der Waals surface area contributed by atoms with Gasteiger partial charge in [-0.2, -0.15) is 17.0 Å². The molecule has 0 radical (unpaired) electrons. The van der Waals surface area contributed by atoms with E-state index in [0.29, 0.717) is 10.9 Å². The van der Waals surface area contributed by atoms with Crippen molar-refractivity contribution in [2.75, 3.05) is 23.7 Å². The zero-order chi connectivity index (χ0) is 11.4. The Kier molecular flexibility index (Phi) is 3.62. The molecule has 4 nitrogen and oxygen atoms in total. The van der Waals surface area contributed by atoms with Crippen molar-refractivity contribution in [3.05, 3.63) is 18.1 Å². The molecule has 5 heteroatoms. The van der Waals surface area contributed by atoms with Crippen molar-refractivity contribution in [3.63, 3.8) is 0 Å². The number of nitriles is 1. The van der Waals surface area contributed by atoms with E-state index in [-0.39, 0.29) is 0 Å². The summed E-state index contributed by atoms with van der Waals surface area (Å²) in [6.07, 6.45) is 4.38. The van der Waals surface area contributed by atoms with Gasteiger partial charge in [0.15, 0.2) is 11.5 Å². The molecule has 1 aromatic rings. The van der Waals surface area contributed by atoms with Gasteiger partial charge in [-0.1, -0.05) is 6.92 Å². The molecule has 1 aliphatic rings. The summed E-state index contributed by atoms with van der Waals surface area (Å²) in [5.41, 5.74) is 0.434. The first-order chi connectivity index (χ1) is 7.85. The average molecular weight is 234 g/mol. The summed E-state index contributed by atoms with van der Waals surface area (Å²) >= 11 is 2.00. The molecule has 1 saturated heterocycles. The lowest BCUT2D eigenvalue weighted by Gasteiger charge is -2.32. The Morgan fingerprint density at radius 1 is 1.56 bits per heavy atom. The fourth-order valence-corrected chi connectivity index (χ4v) is 2.98. The fourth-order valence-electron chi connectivity index (χ4n) is 1.80. The molecule has 84 valence electrons. The van der Waals surface area contributed by atoms with E-state index in [1.54, 1.807) is 12.4 Å². The van der Waals surface area contributed by atoms with E-state index in [1.807, 2.05) is 11.8 Å². The third-order valence-electron chi connectivity index (χ3n) is 2.68. The van der Waals surface area contributed by atoms with Crippen molar-refractivity contribution in [2.45, 2.75) is 18.6 Å². The molecule has 1 unspecified atom stereocenters. The minimum Gasteiger partial charge on any atom is -0.352 e. The van der Waals surface area contributed by atoms with E-state index in [1.165, 1.54) is 0 Å². The Morgan fingerprint density at radius 3 is 3.12 bits per heavy atom. The highest BCUT2D eigenvalue weighted by atomic mass is 32.2.